The van der Waals surface area contributed by atoms with E-state index < -0.39 is 11.7 Å². The van der Waals surface area contributed by atoms with Gasteiger partial charge in [-0.05, 0) is 24.1 Å². The first-order valence-corrected chi connectivity index (χ1v) is 6.53. The molecular weight excluding hydrogens is 267 g/mol. The van der Waals surface area contributed by atoms with E-state index in [1.807, 2.05) is 13.0 Å². The Morgan fingerprint density at radius 2 is 1.90 bits per heavy atom. The van der Waals surface area contributed by atoms with Crippen LogP contribution in [0.4, 0.5) is 13.2 Å². The minimum absolute atomic E-state index is 0.620. The topological polar surface area (TPSA) is 21.3 Å². The highest BCUT2D eigenvalue weighted by atomic mass is 19.4. The van der Waals surface area contributed by atoms with Crippen molar-refractivity contribution in [3.05, 3.63) is 41.0 Å². The quantitative estimate of drug-likeness (QED) is 0.771. The Balaban J connectivity index is 2.65. The van der Waals surface area contributed by atoms with Gasteiger partial charge in [0.05, 0.1) is 12.2 Å². The molecule has 1 N–H and O–H groups in total. The first-order valence-electron chi connectivity index (χ1n) is 6.53. The summed E-state index contributed by atoms with van der Waals surface area (Å²) in [6.07, 6.45) is -1.52. The third-order valence-electron chi connectivity index (χ3n) is 2.90. The number of nitrogens with one attached hydrogen (secondary N) is 1. The first kappa shape index (κ1) is 16.7. The van der Waals surface area contributed by atoms with E-state index in [-0.39, 0.29) is 0 Å². The van der Waals surface area contributed by atoms with Gasteiger partial charge in [-0.15, -0.1) is 0 Å². The van der Waals surface area contributed by atoms with Crippen LogP contribution >= 0.6 is 0 Å². The Bertz CT molecular complexity index is 424. The number of ether oxygens (including phenoxy) is 1. The zero-order chi connectivity index (χ0) is 15.0. The molecule has 0 radical (unpaired) electrons. The number of rotatable bonds is 7. The number of hydrogen-bond donors (Lipinski definition) is 1. The molecule has 0 saturated heterocycles. The molecule has 0 atom stereocenters. The monoisotopic (exact) mass is 287 g/mol. The molecule has 0 aromatic heterocycles. The molecule has 0 bridgehead atoms. The second-order valence-electron chi connectivity index (χ2n) is 4.45. The molecule has 0 spiro atoms. The van der Waals surface area contributed by atoms with Gasteiger partial charge in [0.1, 0.15) is 0 Å². The Hall–Kier alpha value is -1.33. The van der Waals surface area contributed by atoms with Crippen molar-refractivity contribution in [3.8, 4) is 0 Å². The summed E-state index contributed by atoms with van der Waals surface area (Å²) in [5, 5.41) is 3.22. The van der Waals surface area contributed by atoms with Gasteiger partial charge in [0.25, 0.3) is 0 Å². The number of halogens is 3. The van der Waals surface area contributed by atoms with Crippen LogP contribution in [-0.4, -0.2) is 26.8 Å². The lowest BCUT2D eigenvalue weighted by molar-refractivity contribution is -0.137. The zero-order valence-corrected chi connectivity index (χ0v) is 11.8. The van der Waals surface area contributed by atoms with Crippen LogP contribution in [0.25, 0.3) is 6.08 Å². The summed E-state index contributed by atoms with van der Waals surface area (Å²) in [7, 11) is 1.64. The number of methoxy groups -OCH3 is 1. The van der Waals surface area contributed by atoms with Gasteiger partial charge >= 0.3 is 6.18 Å². The molecule has 0 unspecified atom stereocenters. The van der Waals surface area contributed by atoms with Crippen LogP contribution in [0.1, 0.15) is 24.5 Å². The SMILES string of the molecule is CCC(=Cc1ccc(C(F)(F)F)cc1)CNCCOC. The van der Waals surface area contributed by atoms with Crippen molar-refractivity contribution >= 4 is 6.08 Å². The molecule has 112 valence electrons. The van der Waals surface area contributed by atoms with Crippen molar-refractivity contribution in [3.63, 3.8) is 0 Å². The highest BCUT2D eigenvalue weighted by molar-refractivity contribution is 5.53. The van der Waals surface area contributed by atoms with Crippen LogP contribution in [0.15, 0.2) is 29.8 Å². The summed E-state index contributed by atoms with van der Waals surface area (Å²) in [5.74, 6) is 0. The van der Waals surface area contributed by atoms with Crippen LogP contribution in [-0.2, 0) is 10.9 Å². The van der Waals surface area contributed by atoms with E-state index in [0.29, 0.717) is 13.2 Å². The number of benzene rings is 1. The van der Waals surface area contributed by atoms with E-state index in [0.717, 1.165) is 36.2 Å². The van der Waals surface area contributed by atoms with Gasteiger partial charge in [0.2, 0.25) is 0 Å². The molecule has 0 amide bonds. The average Bonchev–Trinajstić information content (AvgIpc) is 2.42. The molecule has 0 aliphatic rings. The van der Waals surface area contributed by atoms with E-state index >= 15 is 0 Å². The van der Waals surface area contributed by atoms with Gasteiger partial charge in [0, 0.05) is 20.2 Å². The lowest BCUT2D eigenvalue weighted by Gasteiger charge is -2.09. The predicted octanol–water partition coefficient (Wildman–Crippen LogP) is 3.73. The first-order chi connectivity index (χ1) is 9.47. The third-order valence-corrected chi connectivity index (χ3v) is 2.90. The second-order valence-corrected chi connectivity index (χ2v) is 4.45. The van der Waals surface area contributed by atoms with Gasteiger partial charge in [-0.2, -0.15) is 13.2 Å². The summed E-state index contributed by atoms with van der Waals surface area (Å²) in [4.78, 5) is 0. The van der Waals surface area contributed by atoms with Crippen molar-refractivity contribution in [1.82, 2.24) is 5.32 Å². The van der Waals surface area contributed by atoms with Gasteiger partial charge in [-0.3, -0.25) is 0 Å². The number of hydrogen-bond acceptors (Lipinski definition) is 2. The minimum Gasteiger partial charge on any atom is -0.383 e. The molecule has 0 saturated carbocycles. The van der Waals surface area contributed by atoms with Crippen LogP contribution in [0.3, 0.4) is 0 Å². The van der Waals surface area contributed by atoms with E-state index in [4.69, 9.17) is 4.74 Å². The van der Waals surface area contributed by atoms with Crippen molar-refractivity contribution in [1.29, 1.82) is 0 Å². The summed E-state index contributed by atoms with van der Waals surface area (Å²) in [6.45, 7) is 4.12. The molecule has 0 aliphatic heterocycles. The molecule has 0 fully saturated rings. The summed E-state index contributed by atoms with van der Waals surface area (Å²) >= 11 is 0. The van der Waals surface area contributed by atoms with Crippen LogP contribution in [0.2, 0.25) is 0 Å². The molecule has 0 aliphatic carbocycles. The average molecular weight is 287 g/mol. The lowest BCUT2D eigenvalue weighted by atomic mass is 10.1. The summed E-state index contributed by atoms with van der Waals surface area (Å²) in [6, 6.07) is 5.20. The normalized spacial score (nSPS) is 12.8. The Labute approximate surface area is 117 Å². The van der Waals surface area contributed by atoms with Crippen molar-refractivity contribution in [2.45, 2.75) is 19.5 Å². The fourth-order valence-electron chi connectivity index (χ4n) is 1.71. The van der Waals surface area contributed by atoms with Crippen LogP contribution in [0.5, 0.6) is 0 Å². The fraction of sp³-hybridized carbons (Fsp3) is 0.467. The zero-order valence-electron chi connectivity index (χ0n) is 11.8. The maximum Gasteiger partial charge on any atom is 0.416 e. The molecule has 1 aromatic rings. The van der Waals surface area contributed by atoms with Crippen molar-refractivity contribution in [2.24, 2.45) is 0 Å². The summed E-state index contributed by atoms with van der Waals surface area (Å²) in [5.41, 5.74) is 1.30. The second kappa shape index (κ2) is 8.07. The fourth-order valence-corrected chi connectivity index (χ4v) is 1.71. The molecule has 0 heterocycles. The third kappa shape index (κ3) is 5.75. The molecule has 1 rings (SSSR count). The lowest BCUT2D eigenvalue weighted by Crippen LogP contribution is -2.21. The van der Waals surface area contributed by atoms with Gasteiger partial charge in [-0.25, -0.2) is 0 Å². The Kier molecular flexibility index (Phi) is 6.75. The minimum atomic E-state index is -4.28. The van der Waals surface area contributed by atoms with E-state index in [9.17, 15) is 13.2 Å². The van der Waals surface area contributed by atoms with E-state index in [1.54, 1.807) is 7.11 Å². The van der Waals surface area contributed by atoms with E-state index in [1.165, 1.54) is 12.1 Å². The van der Waals surface area contributed by atoms with Gasteiger partial charge < -0.3 is 10.1 Å². The molecule has 1 aromatic carbocycles. The Morgan fingerprint density at radius 3 is 2.40 bits per heavy atom. The van der Waals surface area contributed by atoms with E-state index in [2.05, 4.69) is 5.32 Å². The predicted molar refractivity (Wildman–Crippen MR) is 74.5 cm³/mol. The molecule has 5 heteroatoms. The van der Waals surface area contributed by atoms with Gasteiger partial charge in [-0.1, -0.05) is 30.7 Å². The maximum absolute atomic E-state index is 12.5. The Morgan fingerprint density at radius 1 is 1.25 bits per heavy atom. The van der Waals surface area contributed by atoms with Crippen molar-refractivity contribution in [2.75, 3.05) is 26.8 Å². The smallest absolute Gasteiger partial charge is 0.383 e. The standard InChI is InChI=1S/C15H20F3NO/c1-3-12(11-19-8-9-20-2)10-13-4-6-14(7-5-13)15(16,17)18/h4-7,10,19H,3,8-9,11H2,1-2H3. The van der Waals surface area contributed by atoms with Crippen LogP contribution < -0.4 is 5.32 Å². The van der Waals surface area contributed by atoms with Gasteiger partial charge in [0.15, 0.2) is 0 Å². The number of alkyl halides is 3. The largest absolute Gasteiger partial charge is 0.416 e. The summed E-state index contributed by atoms with van der Waals surface area (Å²) < 4.78 is 42.3. The molecule has 2 nitrogen and oxygen atoms in total. The van der Waals surface area contributed by atoms with Crippen molar-refractivity contribution < 1.29 is 17.9 Å². The molecular formula is C15H20F3NO. The highest BCUT2D eigenvalue weighted by Crippen LogP contribution is 2.29. The highest BCUT2D eigenvalue weighted by Gasteiger charge is 2.29. The molecule has 20 heavy (non-hydrogen) atoms. The van der Waals surface area contributed by atoms with Crippen LogP contribution in [0, 0.1) is 0 Å². The maximum atomic E-state index is 12.5.